The molecule has 1 aliphatic carbocycles. The summed E-state index contributed by atoms with van der Waals surface area (Å²) in [6.45, 7) is 3.83. The van der Waals surface area contributed by atoms with Crippen LogP contribution in [-0.4, -0.2) is 13.4 Å². The van der Waals surface area contributed by atoms with E-state index in [0.29, 0.717) is 49.1 Å². The van der Waals surface area contributed by atoms with Gasteiger partial charge in [0.2, 0.25) is 0 Å². The second kappa shape index (κ2) is 8.49. The highest BCUT2D eigenvalue weighted by atomic mass is 32.2. The number of hydrogen-bond acceptors (Lipinski definition) is 7. The lowest BCUT2D eigenvalue weighted by Gasteiger charge is -2.22. The number of rotatable bonds is 2. The molecule has 7 rings (SSSR count). The molecule has 0 atom stereocenters. The number of para-hydroxylation sites is 1. The fourth-order valence-corrected chi connectivity index (χ4v) is 6.80. The molecule has 4 aromatic rings. The Kier molecular flexibility index (Phi) is 5.10. The van der Waals surface area contributed by atoms with Gasteiger partial charge in [0.25, 0.3) is 15.6 Å². The van der Waals surface area contributed by atoms with E-state index in [4.69, 9.17) is 0 Å². The van der Waals surface area contributed by atoms with Gasteiger partial charge in [-0.05, 0) is 60.7 Å². The van der Waals surface area contributed by atoms with E-state index in [0.717, 1.165) is 11.3 Å². The molecule has 4 aromatic carbocycles. The first-order valence-corrected chi connectivity index (χ1v) is 14.1. The first kappa shape index (κ1) is 24.1. The first-order chi connectivity index (χ1) is 19.2. The van der Waals surface area contributed by atoms with Gasteiger partial charge in [-0.25, -0.2) is 13.4 Å². The zero-order chi connectivity index (χ0) is 27.8. The summed E-state index contributed by atoms with van der Waals surface area (Å²) < 4.78 is 28.9. The van der Waals surface area contributed by atoms with Crippen LogP contribution in [0.4, 0.5) is 17.1 Å². The Labute approximate surface area is 228 Å². The number of nitrogens with one attached hydrogen (secondary N) is 3. The number of benzene rings is 4. The summed E-state index contributed by atoms with van der Waals surface area (Å²) in [5, 5.41) is 8.84. The molecule has 0 bridgehead atoms. The normalized spacial score (nSPS) is 15.6. The van der Waals surface area contributed by atoms with E-state index < -0.39 is 15.6 Å². The van der Waals surface area contributed by atoms with Crippen molar-refractivity contribution < 1.29 is 8.42 Å². The van der Waals surface area contributed by atoms with Crippen molar-refractivity contribution in [2.75, 3.05) is 10.6 Å². The monoisotopic (exact) mass is 546 g/mol. The number of aryl methyl sites for hydroxylation is 2. The lowest BCUT2D eigenvalue weighted by atomic mass is 9.95. The molecule has 2 aliphatic heterocycles. The summed E-state index contributed by atoms with van der Waals surface area (Å²) in [7, 11) is -3.97. The van der Waals surface area contributed by atoms with Crippen LogP contribution in [0, 0.1) is 24.3 Å². The van der Waals surface area contributed by atoms with E-state index in [1.54, 1.807) is 42.5 Å². The van der Waals surface area contributed by atoms with Crippen LogP contribution >= 0.6 is 0 Å². The molecule has 3 aliphatic rings. The minimum Gasteiger partial charge on any atom is -0.355 e. The number of nitrogens with zero attached hydrogens (tertiary/aromatic N) is 1. The minimum absolute atomic E-state index is 0.00194. The second-order valence-electron chi connectivity index (χ2n) is 9.98. The van der Waals surface area contributed by atoms with Gasteiger partial charge in [0.1, 0.15) is 10.7 Å². The summed E-state index contributed by atoms with van der Waals surface area (Å²) in [5.41, 5.74) is 3.08. The molecule has 0 aromatic heterocycles. The summed E-state index contributed by atoms with van der Waals surface area (Å²) in [6, 6.07) is 23.1. The van der Waals surface area contributed by atoms with Gasteiger partial charge in [-0.1, -0.05) is 48.5 Å². The second-order valence-corrected chi connectivity index (χ2v) is 11.6. The number of sulfonamides is 1. The fourth-order valence-electron chi connectivity index (χ4n) is 5.60. The lowest BCUT2D eigenvalue weighted by Crippen LogP contribution is -2.42. The highest BCUT2D eigenvalue weighted by Crippen LogP contribution is 2.30. The van der Waals surface area contributed by atoms with Gasteiger partial charge in [-0.2, -0.15) is 0 Å². The molecule has 0 radical (unpaired) electrons. The van der Waals surface area contributed by atoms with Gasteiger partial charge < -0.3 is 10.6 Å². The molecular formula is C31H22N4O4S. The van der Waals surface area contributed by atoms with Gasteiger partial charge in [-0.15, -0.1) is 0 Å². The average Bonchev–Trinajstić information content (AvgIpc) is 2.92. The van der Waals surface area contributed by atoms with Crippen molar-refractivity contribution in [1.29, 1.82) is 0 Å². The van der Waals surface area contributed by atoms with Gasteiger partial charge in [0.15, 0.2) is 5.43 Å². The topological polar surface area (TPSA) is 117 Å². The van der Waals surface area contributed by atoms with Gasteiger partial charge in [-0.3, -0.25) is 14.3 Å². The van der Waals surface area contributed by atoms with E-state index >= 15 is 0 Å². The molecule has 8 nitrogen and oxygen atoms in total. The smallest absolute Gasteiger partial charge is 0.281 e. The quantitative estimate of drug-likeness (QED) is 0.302. The predicted molar refractivity (Wildman–Crippen MR) is 156 cm³/mol. The summed E-state index contributed by atoms with van der Waals surface area (Å²) in [5.74, 6) is -0.00194. The summed E-state index contributed by atoms with van der Waals surface area (Å²) >= 11 is 0. The number of aromatic nitrogens is 1. The zero-order valence-electron chi connectivity index (χ0n) is 21.5. The summed E-state index contributed by atoms with van der Waals surface area (Å²) in [6.07, 6.45) is 0. The van der Waals surface area contributed by atoms with Gasteiger partial charge >= 0.3 is 0 Å². The standard InChI is InChI=1S/C31H22N4O4S/c1-16-8-7-9-18(14-16)32-22-15-17(2)28-26-24(19-10-3-4-11-20(19)29(36)25(22)26)27(31(37)34-28)30-33-21-12-5-6-13-23(21)40(38,39)35-30/h3-15,32-33,35H,1-2H3. The third-order valence-electron chi connectivity index (χ3n) is 7.31. The summed E-state index contributed by atoms with van der Waals surface area (Å²) in [4.78, 5) is 32.2. The maximum Gasteiger partial charge on any atom is 0.281 e. The molecule has 0 fully saturated rings. The van der Waals surface area contributed by atoms with E-state index in [1.807, 2.05) is 44.2 Å². The molecule has 0 unspecified atom stereocenters. The van der Waals surface area contributed by atoms with Crippen molar-refractivity contribution in [2.24, 2.45) is 0 Å². The SMILES string of the molecule is Cc1cccc(Nc2cc(C)c3nc(=O)c(=C4Nc5ccccc5S(=O)(=O)N4)c4c5ccccc5c(=O)c2c3=4)c1. The number of hydrogen-bond donors (Lipinski definition) is 3. The van der Waals surface area contributed by atoms with Crippen LogP contribution in [0.15, 0.2) is 93.3 Å². The molecule has 0 amide bonds. The maximum atomic E-state index is 14.0. The van der Waals surface area contributed by atoms with Crippen LogP contribution < -0.4 is 31.6 Å². The maximum absolute atomic E-state index is 14.0. The van der Waals surface area contributed by atoms with Gasteiger partial charge in [0, 0.05) is 21.5 Å². The molecule has 9 heteroatoms. The molecule has 0 spiro atoms. The molecule has 0 saturated heterocycles. The Morgan fingerprint density at radius 2 is 1.55 bits per heavy atom. The number of fused-ring (bicyclic) bond motifs is 3. The van der Waals surface area contributed by atoms with Gasteiger partial charge in [0.05, 0.1) is 27.5 Å². The van der Waals surface area contributed by atoms with Crippen molar-refractivity contribution in [2.45, 2.75) is 18.7 Å². The molecule has 0 saturated carbocycles. The molecule has 3 N–H and O–H groups in total. The van der Waals surface area contributed by atoms with Crippen LogP contribution in [0.2, 0.25) is 0 Å². The van der Waals surface area contributed by atoms with Crippen LogP contribution in [0.25, 0.3) is 27.5 Å². The zero-order valence-corrected chi connectivity index (χ0v) is 22.3. The van der Waals surface area contributed by atoms with Crippen LogP contribution in [0.1, 0.15) is 11.1 Å². The minimum atomic E-state index is -3.97. The Morgan fingerprint density at radius 3 is 2.35 bits per heavy atom. The van der Waals surface area contributed by atoms with E-state index in [9.17, 15) is 18.0 Å². The van der Waals surface area contributed by atoms with Crippen molar-refractivity contribution >= 4 is 54.6 Å². The van der Waals surface area contributed by atoms with Crippen molar-refractivity contribution in [1.82, 2.24) is 9.71 Å². The molecule has 40 heavy (non-hydrogen) atoms. The highest BCUT2D eigenvalue weighted by molar-refractivity contribution is 7.90. The third kappa shape index (κ3) is 3.51. The molecule has 196 valence electrons. The number of anilines is 3. The van der Waals surface area contributed by atoms with Crippen molar-refractivity contribution in [3.63, 3.8) is 0 Å². The third-order valence-corrected chi connectivity index (χ3v) is 8.71. The first-order valence-electron chi connectivity index (χ1n) is 12.7. The Morgan fingerprint density at radius 1 is 0.800 bits per heavy atom. The Bertz CT molecular complexity index is 2390. The van der Waals surface area contributed by atoms with Crippen LogP contribution in [-0.2, 0) is 10.0 Å². The van der Waals surface area contributed by atoms with Crippen LogP contribution in [0.5, 0.6) is 0 Å². The van der Waals surface area contributed by atoms with E-state index in [2.05, 4.69) is 20.3 Å². The Hall–Kier alpha value is -5.02. The largest absolute Gasteiger partial charge is 0.355 e. The van der Waals surface area contributed by atoms with Crippen molar-refractivity contribution in [3.05, 3.63) is 126 Å². The van der Waals surface area contributed by atoms with Crippen molar-refractivity contribution in [3.8, 4) is 0 Å². The highest BCUT2D eigenvalue weighted by Gasteiger charge is 2.27. The molecular weight excluding hydrogens is 524 g/mol. The van der Waals surface area contributed by atoms with Crippen LogP contribution in [0.3, 0.4) is 0 Å². The molecule has 2 heterocycles. The fraction of sp³-hybridized carbons (Fsp3) is 0.0645. The predicted octanol–water partition coefficient (Wildman–Crippen LogP) is 3.82. The average molecular weight is 547 g/mol. The Balaban J connectivity index is 1.72. The lowest BCUT2D eigenvalue weighted by molar-refractivity contribution is 0.590. The van der Waals surface area contributed by atoms with E-state index in [-0.39, 0.29) is 21.4 Å². The van der Waals surface area contributed by atoms with E-state index in [1.165, 1.54) is 6.07 Å².